The second-order valence-corrected chi connectivity index (χ2v) is 6.65. The summed E-state index contributed by atoms with van der Waals surface area (Å²) in [7, 11) is 0. The topological polar surface area (TPSA) is 101 Å². The predicted molar refractivity (Wildman–Crippen MR) is 105 cm³/mol. The number of carbonyl (C=O) groups is 2. The van der Waals surface area contributed by atoms with Crippen molar-refractivity contribution in [3.8, 4) is 0 Å². The van der Waals surface area contributed by atoms with Crippen molar-refractivity contribution in [2.45, 2.75) is 32.4 Å². The highest BCUT2D eigenvalue weighted by atomic mass is 16.4. The molecule has 28 heavy (non-hydrogen) atoms. The van der Waals surface area contributed by atoms with E-state index in [-0.39, 0.29) is 35.0 Å². The van der Waals surface area contributed by atoms with Crippen molar-refractivity contribution in [1.29, 1.82) is 0 Å². The Hall–Kier alpha value is -3.48. The Morgan fingerprint density at radius 2 is 1.71 bits per heavy atom. The van der Waals surface area contributed by atoms with Crippen molar-refractivity contribution in [3.63, 3.8) is 0 Å². The number of amides is 1. The molecule has 0 spiro atoms. The van der Waals surface area contributed by atoms with Gasteiger partial charge < -0.3 is 10.4 Å². The average Bonchev–Trinajstić information content (AvgIpc) is 2.69. The number of aromatic nitrogens is 2. The number of aryl methyl sites for hydroxylation is 1. The van der Waals surface area contributed by atoms with Crippen LogP contribution in [0.5, 0.6) is 0 Å². The van der Waals surface area contributed by atoms with Gasteiger partial charge in [0.25, 0.3) is 5.56 Å². The number of carboxylic acids is 1. The quantitative estimate of drug-likeness (QED) is 0.656. The number of hydrogen-bond acceptors (Lipinski definition) is 4. The molecule has 2 N–H and O–H groups in total. The number of carboxylic acid groups (broad SMARTS) is 1. The molecule has 1 unspecified atom stereocenters. The monoisotopic (exact) mass is 379 g/mol. The number of rotatable bonds is 7. The molecule has 0 saturated carbocycles. The van der Waals surface area contributed by atoms with Gasteiger partial charge in [0, 0.05) is 11.4 Å². The zero-order chi connectivity index (χ0) is 20.1. The summed E-state index contributed by atoms with van der Waals surface area (Å²) in [6.45, 7) is 1.56. The third kappa shape index (κ3) is 4.43. The molecule has 0 aliphatic rings. The lowest BCUT2D eigenvalue weighted by Gasteiger charge is -2.15. The van der Waals surface area contributed by atoms with E-state index in [1.165, 1.54) is 17.7 Å². The average molecular weight is 379 g/mol. The summed E-state index contributed by atoms with van der Waals surface area (Å²) in [5, 5.41) is 16.6. The van der Waals surface area contributed by atoms with Crippen LogP contribution in [0.15, 0.2) is 59.4 Å². The Morgan fingerprint density at radius 1 is 1.07 bits per heavy atom. The second-order valence-electron chi connectivity index (χ2n) is 6.65. The lowest BCUT2D eigenvalue weighted by atomic mass is 10.1. The maximum Gasteiger partial charge on any atom is 0.357 e. The number of aromatic carboxylic acids is 1. The van der Waals surface area contributed by atoms with Gasteiger partial charge in [-0.1, -0.05) is 48.5 Å². The van der Waals surface area contributed by atoms with Crippen molar-refractivity contribution < 1.29 is 14.7 Å². The molecule has 7 heteroatoms. The molecule has 3 rings (SSSR count). The van der Waals surface area contributed by atoms with E-state index >= 15 is 0 Å². The number of hydrogen-bond donors (Lipinski definition) is 2. The summed E-state index contributed by atoms with van der Waals surface area (Å²) in [6, 6.07) is 16.2. The number of fused-ring (bicyclic) bond motifs is 1. The normalized spacial score (nSPS) is 11.9. The Bertz CT molecular complexity index is 1060. The maximum atomic E-state index is 12.6. The molecule has 3 aromatic rings. The molecule has 0 saturated heterocycles. The maximum absolute atomic E-state index is 12.6. The first kappa shape index (κ1) is 19.3. The molecule has 1 heterocycles. The molecule has 0 aliphatic carbocycles. The van der Waals surface area contributed by atoms with Gasteiger partial charge in [-0.2, -0.15) is 5.10 Å². The zero-order valence-corrected chi connectivity index (χ0v) is 15.5. The first-order chi connectivity index (χ1) is 13.5. The van der Waals surface area contributed by atoms with Crippen molar-refractivity contribution in [3.05, 3.63) is 76.2 Å². The Morgan fingerprint density at radius 3 is 2.39 bits per heavy atom. The molecular weight excluding hydrogens is 358 g/mol. The molecular formula is C21H21N3O4. The first-order valence-corrected chi connectivity index (χ1v) is 9.02. The van der Waals surface area contributed by atoms with Crippen molar-refractivity contribution >= 4 is 22.6 Å². The molecule has 7 nitrogen and oxygen atoms in total. The van der Waals surface area contributed by atoms with Crippen LogP contribution in [0.2, 0.25) is 0 Å². The molecule has 0 radical (unpaired) electrons. The third-order valence-electron chi connectivity index (χ3n) is 4.48. The van der Waals surface area contributed by atoms with Gasteiger partial charge in [0.05, 0.1) is 5.39 Å². The van der Waals surface area contributed by atoms with Gasteiger partial charge in [-0.25, -0.2) is 9.48 Å². The fourth-order valence-corrected chi connectivity index (χ4v) is 3.06. The first-order valence-electron chi connectivity index (χ1n) is 9.02. The SMILES string of the molecule is CC(CCc1ccccc1)NC(=O)Cn1nc(C(=O)O)c2ccccc2c1=O. The van der Waals surface area contributed by atoms with Crippen LogP contribution in [0, 0.1) is 0 Å². The Balaban J connectivity index is 1.71. The summed E-state index contributed by atoms with van der Waals surface area (Å²) in [6.07, 6.45) is 1.57. The van der Waals surface area contributed by atoms with Crippen molar-refractivity contribution in [1.82, 2.24) is 15.1 Å². The Labute approximate surface area is 161 Å². The minimum Gasteiger partial charge on any atom is -0.476 e. The van der Waals surface area contributed by atoms with Crippen LogP contribution in [0.1, 0.15) is 29.4 Å². The van der Waals surface area contributed by atoms with Gasteiger partial charge in [-0.15, -0.1) is 0 Å². The number of carbonyl (C=O) groups excluding carboxylic acids is 1. The summed E-state index contributed by atoms with van der Waals surface area (Å²) in [5.74, 6) is -1.64. The minimum atomic E-state index is -1.25. The minimum absolute atomic E-state index is 0.0946. The van der Waals surface area contributed by atoms with E-state index in [1.807, 2.05) is 37.3 Å². The molecule has 1 amide bonds. The van der Waals surface area contributed by atoms with E-state index < -0.39 is 11.5 Å². The molecule has 0 fully saturated rings. The third-order valence-corrected chi connectivity index (χ3v) is 4.48. The molecule has 0 aliphatic heterocycles. The van der Waals surface area contributed by atoms with Crippen molar-refractivity contribution in [2.75, 3.05) is 0 Å². The van der Waals surface area contributed by atoms with Gasteiger partial charge in [0.15, 0.2) is 5.69 Å². The lowest BCUT2D eigenvalue weighted by Crippen LogP contribution is -2.39. The molecule has 1 aromatic heterocycles. The van der Waals surface area contributed by atoms with E-state index in [1.54, 1.807) is 12.1 Å². The largest absolute Gasteiger partial charge is 0.476 e. The fourth-order valence-electron chi connectivity index (χ4n) is 3.06. The van der Waals surface area contributed by atoms with Gasteiger partial charge in [-0.3, -0.25) is 9.59 Å². The molecule has 2 aromatic carbocycles. The highest BCUT2D eigenvalue weighted by molar-refractivity contribution is 6.01. The highest BCUT2D eigenvalue weighted by Crippen LogP contribution is 2.13. The molecule has 1 atom stereocenters. The lowest BCUT2D eigenvalue weighted by molar-refractivity contribution is -0.122. The summed E-state index contributed by atoms with van der Waals surface area (Å²) >= 11 is 0. The van der Waals surface area contributed by atoms with E-state index in [4.69, 9.17) is 0 Å². The van der Waals surface area contributed by atoms with Crippen LogP contribution < -0.4 is 10.9 Å². The van der Waals surface area contributed by atoms with Crippen LogP contribution in [-0.4, -0.2) is 32.8 Å². The smallest absolute Gasteiger partial charge is 0.357 e. The van der Waals surface area contributed by atoms with E-state index in [9.17, 15) is 19.5 Å². The summed E-state index contributed by atoms with van der Waals surface area (Å²) in [4.78, 5) is 36.4. The molecule has 144 valence electrons. The number of nitrogens with one attached hydrogen (secondary N) is 1. The van der Waals surface area contributed by atoms with Crippen LogP contribution in [0.3, 0.4) is 0 Å². The highest BCUT2D eigenvalue weighted by Gasteiger charge is 2.17. The fraction of sp³-hybridized carbons (Fsp3) is 0.238. The van der Waals surface area contributed by atoms with E-state index in [2.05, 4.69) is 10.4 Å². The summed E-state index contributed by atoms with van der Waals surface area (Å²) < 4.78 is 0.908. The van der Waals surface area contributed by atoms with Crippen LogP contribution in [-0.2, 0) is 17.8 Å². The van der Waals surface area contributed by atoms with E-state index in [0.29, 0.717) is 0 Å². The van der Waals surface area contributed by atoms with Crippen LogP contribution >= 0.6 is 0 Å². The van der Waals surface area contributed by atoms with Gasteiger partial charge in [0.2, 0.25) is 5.91 Å². The van der Waals surface area contributed by atoms with Gasteiger partial charge in [-0.05, 0) is 31.4 Å². The summed E-state index contributed by atoms with van der Waals surface area (Å²) in [5.41, 5.74) is 0.440. The predicted octanol–water partition coefficient (Wildman–Crippen LogP) is 2.23. The van der Waals surface area contributed by atoms with Gasteiger partial charge >= 0.3 is 5.97 Å². The number of benzene rings is 2. The van der Waals surface area contributed by atoms with Crippen molar-refractivity contribution in [2.24, 2.45) is 0 Å². The Kier molecular flexibility index (Phi) is 5.84. The number of nitrogens with zero attached hydrogens (tertiary/aromatic N) is 2. The van der Waals surface area contributed by atoms with Crippen LogP contribution in [0.4, 0.5) is 0 Å². The van der Waals surface area contributed by atoms with Crippen LogP contribution in [0.25, 0.3) is 10.8 Å². The van der Waals surface area contributed by atoms with Gasteiger partial charge in [0.1, 0.15) is 6.54 Å². The van der Waals surface area contributed by atoms with E-state index in [0.717, 1.165) is 17.5 Å². The molecule has 0 bridgehead atoms. The zero-order valence-electron chi connectivity index (χ0n) is 15.5. The second kappa shape index (κ2) is 8.47. The standard InChI is InChI=1S/C21H21N3O4/c1-14(11-12-15-7-3-2-4-8-15)22-18(25)13-24-20(26)17-10-6-5-9-16(17)19(23-24)21(27)28/h2-10,14H,11-13H2,1H3,(H,22,25)(H,27,28).